The van der Waals surface area contributed by atoms with Gasteiger partial charge in [-0.05, 0) is 11.6 Å². The summed E-state index contributed by atoms with van der Waals surface area (Å²) in [6.45, 7) is 0. The Morgan fingerprint density at radius 3 is 2.86 bits per heavy atom. The number of halogens is 3. The van der Waals surface area contributed by atoms with Crippen LogP contribution in [0.4, 0.5) is 8.78 Å². The van der Waals surface area contributed by atoms with E-state index in [0.717, 1.165) is 5.56 Å². The summed E-state index contributed by atoms with van der Waals surface area (Å²) in [6.07, 6.45) is -2.66. The van der Waals surface area contributed by atoms with Crippen LogP contribution < -0.4 is 0 Å². The molecule has 1 aromatic carbocycles. The zero-order valence-electron chi connectivity index (χ0n) is 7.01. The smallest absolute Gasteiger partial charge is 0.313 e. The lowest BCUT2D eigenvalue weighted by Gasteiger charge is -1.92. The molecule has 5 heteroatoms. The normalized spacial score (nSPS) is 11.4. The Morgan fingerprint density at radius 2 is 2.21 bits per heavy atom. The Labute approximate surface area is 87.1 Å². The van der Waals surface area contributed by atoms with E-state index in [4.69, 9.17) is 4.42 Å². The first-order valence-corrected chi connectivity index (χ1v) is 5.07. The van der Waals surface area contributed by atoms with Crippen molar-refractivity contribution in [3.8, 4) is 0 Å². The Balaban J connectivity index is 2.64. The lowest BCUT2D eigenvalue weighted by Crippen LogP contribution is -1.83. The molecule has 1 heterocycles. The molecule has 14 heavy (non-hydrogen) atoms. The second-order valence-electron chi connectivity index (χ2n) is 2.75. The molecule has 0 bridgehead atoms. The molecule has 0 spiro atoms. The van der Waals surface area contributed by atoms with Gasteiger partial charge in [0.2, 0.25) is 0 Å². The molecule has 74 valence electrons. The van der Waals surface area contributed by atoms with E-state index in [1.54, 1.807) is 12.1 Å². The van der Waals surface area contributed by atoms with Gasteiger partial charge in [0.05, 0.1) is 0 Å². The molecule has 0 unspecified atom stereocenters. The Morgan fingerprint density at radius 1 is 1.43 bits per heavy atom. The van der Waals surface area contributed by atoms with E-state index in [2.05, 4.69) is 20.9 Å². The fraction of sp³-hybridized carbons (Fsp3) is 0.222. The number of nitrogens with zero attached hydrogens (tertiary/aromatic N) is 1. The van der Waals surface area contributed by atoms with Crippen molar-refractivity contribution in [2.75, 3.05) is 0 Å². The summed E-state index contributed by atoms with van der Waals surface area (Å²) >= 11 is 3.26. The molecule has 2 nitrogen and oxygen atoms in total. The summed E-state index contributed by atoms with van der Waals surface area (Å²) in [4.78, 5) is 3.74. The van der Waals surface area contributed by atoms with Gasteiger partial charge in [0.25, 0.3) is 5.89 Å². The van der Waals surface area contributed by atoms with Crippen LogP contribution in [0.15, 0.2) is 22.6 Å². The van der Waals surface area contributed by atoms with Crippen LogP contribution in [0.5, 0.6) is 0 Å². The summed E-state index contributed by atoms with van der Waals surface area (Å²) in [5.74, 6) is -0.520. The van der Waals surface area contributed by atoms with E-state index in [1.807, 2.05) is 6.07 Å². The van der Waals surface area contributed by atoms with Crippen LogP contribution in [-0.4, -0.2) is 4.98 Å². The zero-order valence-corrected chi connectivity index (χ0v) is 8.59. The number of aromatic nitrogens is 1. The van der Waals surface area contributed by atoms with Gasteiger partial charge in [-0.2, -0.15) is 8.78 Å². The summed E-state index contributed by atoms with van der Waals surface area (Å²) < 4.78 is 29.4. The first-order chi connectivity index (χ1) is 6.72. The predicted octanol–water partition coefficient (Wildman–Crippen LogP) is 3.66. The average Bonchev–Trinajstić information content (AvgIpc) is 2.60. The molecule has 1 aromatic heterocycles. The first kappa shape index (κ1) is 9.58. The highest BCUT2D eigenvalue weighted by atomic mass is 79.9. The van der Waals surface area contributed by atoms with Gasteiger partial charge < -0.3 is 4.42 Å². The van der Waals surface area contributed by atoms with Gasteiger partial charge in [0, 0.05) is 5.33 Å². The van der Waals surface area contributed by atoms with Crippen molar-refractivity contribution in [3.05, 3.63) is 29.7 Å². The maximum absolute atomic E-state index is 12.3. The molecule has 0 fully saturated rings. The number of rotatable bonds is 2. The molecular formula is C9H6BrF2NO. The van der Waals surface area contributed by atoms with Crippen molar-refractivity contribution in [1.82, 2.24) is 4.98 Å². The minimum atomic E-state index is -2.66. The second-order valence-corrected chi connectivity index (χ2v) is 3.31. The molecule has 2 rings (SSSR count). The average molecular weight is 262 g/mol. The van der Waals surface area contributed by atoms with Crippen molar-refractivity contribution >= 4 is 27.0 Å². The molecule has 0 atom stereocenters. The van der Waals surface area contributed by atoms with E-state index in [-0.39, 0.29) is 0 Å². The minimum Gasteiger partial charge on any atom is -0.435 e. The lowest BCUT2D eigenvalue weighted by atomic mass is 10.2. The van der Waals surface area contributed by atoms with Gasteiger partial charge in [-0.1, -0.05) is 28.1 Å². The first-order valence-electron chi connectivity index (χ1n) is 3.95. The lowest BCUT2D eigenvalue weighted by molar-refractivity contribution is 0.117. The van der Waals surface area contributed by atoms with Crippen LogP contribution >= 0.6 is 15.9 Å². The molecule has 0 N–H and O–H groups in total. The largest absolute Gasteiger partial charge is 0.435 e. The van der Waals surface area contributed by atoms with Gasteiger partial charge in [-0.3, -0.25) is 0 Å². The standard InChI is InChI=1S/C9H6BrF2NO/c10-4-5-2-1-3-6-7(5)13-9(14-6)8(11)12/h1-3,8H,4H2. The quantitative estimate of drug-likeness (QED) is 0.772. The summed E-state index contributed by atoms with van der Waals surface area (Å²) in [5, 5.41) is 0.569. The van der Waals surface area contributed by atoms with E-state index >= 15 is 0 Å². The van der Waals surface area contributed by atoms with Crippen LogP contribution in [0.1, 0.15) is 17.9 Å². The van der Waals surface area contributed by atoms with E-state index in [0.29, 0.717) is 16.4 Å². The van der Waals surface area contributed by atoms with Crippen molar-refractivity contribution in [1.29, 1.82) is 0 Å². The number of hydrogen-bond acceptors (Lipinski definition) is 2. The molecule has 0 aliphatic heterocycles. The third-order valence-electron chi connectivity index (χ3n) is 1.85. The zero-order chi connectivity index (χ0) is 10.1. The van der Waals surface area contributed by atoms with Gasteiger partial charge in [-0.15, -0.1) is 0 Å². The number of alkyl halides is 3. The number of benzene rings is 1. The maximum atomic E-state index is 12.3. The van der Waals surface area contributed by atoms with Gasteiger partial charge in [0.15, 0.2) is 5.58 Å². The molecule has 0 aliphatic carbocycles. The van der Waals surface area contributed by atoms with Gasteiger partial charge in [-0.25, -0.2) is 4.98 Å². The SMILES string of the molecule is FC(F)c1nc2c(CBr)cccc2o1. The summed E-state index contributed by atoms with van der Waals surface area (Å²) in [5.41, 5.74) is 1.75. The van der Waals surface area contributed by atoms with Crippen LogP contribution in [0.2, 0.25) is 0 Å². The maximum Gasteiger partial charge on any atom is 0.313 e. The topological polar surface area (TPSA) is 26.0 Å². The molecule has 0 saturated heterocycles. The van der Waals surface area contributed by atoms with Gasteiger partial charge >= 0.3 is 6.43 Å². The van der Waals surface area contributed by atoms with E-state index in [1.165, 1.54) is 0 Å². The van der Waals surface area contributed by atoms with E-state index < -0.39 is 12.3 Å². The molecule has 0 amide bonds. The highest BCUT2D eigenvalue weighted by Crippen LogP contribution is 2.26. The highest BCUT2D eigenvalue weighted by Gasteiger charge is 2.16. The van der Waals surface area contributed by atoms with Crippen molar-refractivity contribution in [3.63, 3.8) is 0 Å². The second kappa shape index (κ2) is 3.65. The van der Waals surface area contributed by atoms with Crippen LogP contribution in [0.3, 0.4) is 0 Å². The van der Waals surface area contributed by atoms with Crippen LogP contribution in [0, 0.1) is 0 Å². The highest BCUT2D eigenvalue weighted by molar-refractivity contribution is 9.08. The Hall–Kier alpha value is -0.970. The Kier molecular flexibility index (Phi) is 2.50. The van der Waals surface area contributed by atoms with Crippen molar-refractivity contribution in [2.45, 2.75) is 11.8 Å². The van der Waals surface area contributed by atoms with Crippen LogP contribution in [0.25, 0.3) is 11.1 Å². The van der Waals surface area contributed by atoms with Gasteiger partial charge in [0.1, 0.15) is 5.52 Å². The van der Waals surface area contributed by atoms with Crippen molar-refractivity contribution in [2.24, 2.45) is 0 Å². The number of fused-ring (bicyclic) bond motifs is 1. The summed E-state index contributed by atoms with van der Waals surface area (Å²) in [6, 6.07) is 5.19. The molecular weight excluding hydrogens is 256 g/mol. The Bertz CT molecular complexity index is 455. The molecule has 0 saturated carbocycles. The number of oxazole rings is 1. The van der Waals surface area contributed by atoms with E-state index in [9.17, 15) is 8.78 Å². The fourth-order valence-electron chi connectivity index (χ4n) is 1.22. The monoisotopic (exact) mass is 261 g/mol. The van der Waals surface area contributed by atoms with Crippen LogP contribution in [-0.2, 0) is 5.33 Å². The number of para-hydroxylation sites is 1. The third kappa shape index (κ3) is 1.52. The predicted molar refractivity (Wildman–Crippen MR) is 51.6 cm³/mol. The fourth-order valence-corrected chi connectivity index (χ4v) is 1.68. The molecule has 2 aromatic rings. The summed E-state index contributed by atoms with van der Waals surface area (Å²) in [7, 11) is 0. The van der Waals surface area contributed by atoms with Crippen molar-refractivity contribution < 1.29 is 13.2 Å². The molecule has 0 radical (unpaired) electrons. The number of hydrogen-bond donors (Lipinski definition) is 0. The minimum absolute atomic E-state index is 0.400. The third-order valence-corrected chi connectivity index (χ3v) is 2.45. The molecule has 0 aliphatic rings.